The van der Waals surface area contributed by atoms with Crippen LogP contribution in [0.15, 0.2) is 52.1 Å². The molecular formula is C19H28IN3O3. The molecule has 0 spiro atoms. The molecule has 0 aliphatic carbocycles. The van der Waals surface area contributed by atoms with Crippen LogP contribution in [0, 0.1) is 0 Å². The van der Waals surface area contributed by atoms with Crippen LogP contribution in [0.25, 0.3) is 0 Å². The summed E-state index contributed by atoms with van der Waals surface area (Å²) in [4.78, 5) is 4.58. The Morgan fingerprint density at radius 1 is 1.19 bits per heavy atom. The Balaban J connectivity index is 0.00000338. The summed E-state index contributed by atoms with van der Waals surface area (Å²) in [5.41, 5.74) is 0. The lowest BCUT2D eigenvalue weighted by molar-refractivity contribution is 0.229. The number of hydrogen-bond donors (Lipinski definition) is 2. The highest BCUT2D eigenvalue weighted by Crippen LogP contribution is 2.19. The molecular weight excluding hydrogens is 445 g/mol. The van der Waals surface area contributed by atoms with Gasteiger partial charge in [0.25, 0.3) is 0 Å². The fraction of sp³-hybridized carbons (Fsp3) is 0.421. The zero-order valence-corrected chi connectivity index (χ0v) is 17.9. The maximum absolute atomic E-state index is 5.89. The first-order valence-corrected chi connectivity index (χ1v) is 8.56. The number of rotatable bonds is 9. The van der Waals surface area contributed by atoms with Crippen molar-refractivity contribution in [3.05, 3.63) is 48.4 Å². The predicted molar refractivity (Wildman–Crippen MR) is 115 cm³/mol. The van der Waals surface area contributed by atoms with Crippen molar-refractivity contribution in [2.45, 2.75) is 26.4 Å². The Labute approximate surface area is 172 Å². The third kappa shape index (κ3) is 7.99. The molecule has 0 aliphatic heterocycles. The van der Waals surface area contributed by atoms with Crippen LogP contribution in [0.2, 0.25) is 0 Å². The number of benzene rings is 1. The van der Waals surface area contributed by atoms with E-state index in [0.29, 0.717) is 6.54 Å². The van der Waals surface area contributed by atoms with Crippen LogP contribution in [-0.4, -0.2) is 38.8 Å². The van der Waals surface area contributed by atoms with Gasteiger partial charge in [0.05, 0.1) is 19.9 Å². The fourth-order valence-electron chi connectivity index (χ4n) is 2.26. The zero-order chi connectivity index (χ0) is 17.9. The highest BCUT2D eigenvalue weighted by molar-refractivity contribution is 14.0. The van der Waals surface area contributed by atoms with Crippen LogP contribution >= 0.6 is 24.0 Å². The molecule has 144 valence electrons. The molecule has 0 saturated carbocycles. The zero-order valence-electron chi connectivity index (χ0n) is 15.5. The fourth-order valence-corrected chi connectivity index (χ4v) is 2.26. The number of hydrogen-bond acceptors (Lipinski definition) is 4. The molecule has 0 saturated heterocycles. The minimum absolute atomic E-state index is 0. The number of ether oxygens (including phenoxy) is 2. The van der Waals surface area contributed by atoms with Crippen LogP contribution in [0.3, 0.4) is 0 Å². The van der Waals surface area contributed by atoms with Crippen LogP contribution in [-0.2, 0) is 6.42 Å². The first kappa shape index (κ1) is 22.1. The van der Waals surface area contributed by atoms with E-state index >= 15 is 0 Å². The summed E-state index contributed by atoms with van der Waals surface area (Å²) >= 11 is 0. The lowest BCUT2D eigenvalue weighted by Crippen LogP contribution is -2.39. The molecule has 2 rings (SSSR count). The molecule has 0 radical (unpaired) electrons. The summed E-state index contributed by atoms with van der Waals surface area (Å²) in [6, 6.07) is 11.4. The molecule has 0 bridgehead atoms. The molecule has 1 aromatic carbocycles. The van der Waals surface area contributed by atoms with E-state index in [1.807, 2.05) is 50.2 Å². The molecule has 0 amide bonds. The van der Waals surface area contributed by atoms with Gasteiger partial charge < -0.3 is 24.5 Å². The Bertz CT molecular complexity index is 647. The van der Waals surface area contributed by atoms with Gasteiger partial charge >= 0.3 is 0 Å². The Hall–Kier alpha value is -1.90. The lowest BCUT2D eigenvalue weighted by Gasteiger charge is -2.15. The van der Waals surface area contributed by atoms with Gasteiger partial charge in [-0.3, -0.25) is 0 Å². The van der Waals surface area contributed by atoms with Crippen LogP contribution in [0.1, 0.15) is 19.6 Å². The van der Waals surface area contributed by atoms with Crippen molar-refractivity contribution in [3.8, 4) is 11.5 Å². The maximum atomic E-state index is 5.89. The molecule has 1 aromatic heterocycles. The van der Waals surface area contributed by atoms with Gasteiger partial charge in [0.15, 0.2) is 5.96 Å². The molecule has 6 nitrogen and oxygen atoms in total. The summed E-state index contributed by atoms with van der Waals surface area (Å²) in [7, 11) is 1.64. The number of nitrogens with zero attached hydrogens (tertiary/aromatic N) is 1. The number of aliphatic imine (C=N–C) groups is 1. The second kappa shape index (κ2) is 12.5. The second-order valence-electron chi connectivity index (χ2n) is 5.58. The summed E-state index contributed by atoms with van der Waals surface area (Å²) < 4.78 is 16.4. The van der Waals surface area contributed by atoms with E-state index < -0.39 is 0 Å². The molecule has 2 N–H and O–H groups in total. The summed E-state index contributed by atoms with van der Waals surface area (Å²) in [6.45, 7) is 6.14. The Morgan fingerprint density at radius 3 is 2.69 bits per heavy atom. The van der Waals surface area contributed by atoms with Crippen LogP contribution in [0.5, 0.6) is 11.5 Å². The van der Waals surface area contributed by atoms with Gasteiger partial charge in [-0.25, -0.2) is 4.99 Å². The molecule has 1 atom stereocenters. The van der Waals surface area contributed by atoms with E-state index in [1.165, 1.54) is 0 Å². The summed E-state index contributed by atoms with van der Waals surface area (Å²) in [6.07, 6.45) is 2.45. The quantitative estimate of drug-likeness (QED) is 0.332. The molecule has 0 fully saturated rings. The van der Waals surface area contributed by atoms with Crippen molar-refractivity contribution in [3.63, 3.8) is 0 Å². The first-order valence-electron chi connectivity index (χ1n) is 8.56. The van der Waals surface area contributed by atoms with Gasteiger partial charge in [0.2, 0.25) is 0 Å². The average Bonchev–Trinajstić information content (AvgIpc) is 3.13. The highest BCUT2D eigenvalue weighted by Gasteiger charge is 2.06. The Morgan fingerprint density at radius 2 is 2.00 bits per heavy atom. The van der Waals surface area contributed by atoms with Gasteiger partial charge in [-0.15, -0.1) is 24.0 Å². The van der Waals surface area contributed by atoms with E-state index in [-0.39, 0.29) is 30.1 Å². The largest absolute Gasteiger partial charge is 0.497 e. The smallest absolute Gasteiger partial charge is 0.191 e. The van der Waals surface area contributed by atoms with E-state index in [1.54, 1.807) is 13.4 Å². The Kier molecular flexibility index (Phi) is 10.6. The molecule has 0 aliphatic rings. The number of furan rings is 1. The molecule has 2 aromatic rings. The van der Waals surface area contributed by atoms with Crippen molar-refractivity contribution < 1.29 is 13.9 Å². The van der Waals surface area contributed by atoms with Gasteiger partial charge in [0, 0.05) is 25.6 Å². The number of halogens is 1. The summed E-state index contributed by atoms with van der Waals surface area (Å²) in [5.74, 6) is 3.28. The van der Waals surface area contributed by atoms with Crippen molar-refractivity contribution >= 4 is 29.9 Å². The number of nitrogens with one attached hydrogen (secondary N) is 2. The highest BCUT2D eigenvalue weighted by atomic mass is 127. The van der Waals surface area contributed by atoms with Gasteiger partial charge in [0.1, 0.15) is 23.4 Å². The molecule has 1 heterocycles. The molecule has 26 heavy (non-hydrogen) atoms. The minimum Gasteiger partial charge on any atom is -0.497 e. The second-order valence-corrected chi connectivity index (χ2v) is 5.58. The SMILES string of the molecule is CCNC(=NCC(C)Oc1cccc(OC)c1)NCCc1ccco1.I. The third-order valence-corrected chi connectivity index (χ3v) is 3.47. The first-order chi connectivity index (χ1) is 12.2. The molecule has 1 unspecified atom stereocenters. The van der Waals surface area contributed by atoms with Crippen LogP contribution < -0.4 is 20.1 Å². The van der Waals surface area contributed by atoms with Gasteiger partial charge in [-0.2, -0.15) is 0 Å². The number of methoxy groups -OCH3 is 1. The number of guanidine groups is 1. The van der Waals surface area contributed by atoms with Gasteiger partial charge in [-0.05, 0) is 38.1 Å². The maximum Gasteiger partial charge on any atom is 0.191 e. The van der Waals surface area contributed by atoms with E-state index in [4.69, 9.17) is 13.9 Å². The van der Waals surface area contributed by atoms with Crippen LogP contribution in [0.4, 0.5) is 0 Å². The van der Waals surface area contributed by atoms with Crippen molar-refractivity contribution in [1.82, 2.24) is 10.6 Å². The van der Waals surface area contributed by atoms with Crippen molar-refractivity contribution in [2.24, 2.45) is 4.99 Å². The predicted octanol–water partition coefficient (Wildman–Crippen LogP) is 3.47. The standard InChI is InChI=1S/C19H27N3O3.HI/c1-4-20-19(21-11-10-16-9-6-12-24-16)22-14-15(2)25-18-8-5-7-17(13-18)23-3;/h5-9,12-13,15H,4,10-11,14H2,1-3H3,(H2,20,21,22);1H. The molecule has 7 heteroatoms. The van der Waals surface area contributed by atoms with E-state index in [0.717, 1.165) is 42.7 Å². The van der Waals surface area contributed by atoms with E-state index in [2.05, 4.69) is 15.6 Å². The normalized spacial score (nSPS) is 12.0. The van der Waals surface area contributed by atoms with Crippen molar-refractivity contribution in [1.29, 1.82) is 0 Å². The van der Waals surface area contributed by atoms with Gasteiger partial charge in [-0.1, -0.05) is 6.07 Å². The topological polar surface area (TPSA) is 68.0 Å². The van der Waals surface area contributed by atoms with Crippen molar-refractivity contribution in [2.75, 3.05) is 26.7 Å². The minimum atomic E-state index is -0.0485. The third-order valence-electron chi connectivity index (χ3n) is 3.47. The lowest BCUT2D eigenvalue weighted by atomic mass is 10.3. The monoisotopic (exact) mass is 473 g/mol. The average molecular weight is 473 g/mol. The summed E-state index contributed by atoms with van der Waals surface area (Å²) in [5, 5.41) is 6.53. The van der Waals surface area contributed by atoms with E-state index in [9.17, 15) is 0 Å².